The van der Waals surface area contributed by atoms with Gasteiger partial charge in [-0.25, -0.2) is 0 Å². The summed E-state index contributed by atoms with van der Waals surface area (Å²) in [5.74, 6) is 3.41. The van der Waals surface area contributed by atoms with E-state index in [9.17, 15) is 5.11 Å². The number of fused-ring (bicyclic) bond motifs is 6. The number of rotatable bonds is 10. The van der Waals surface area contributed by atoms with E-state index in [-0.39, 0.29) is 5.75 Å². The lowest BCUT2D eigenvalue weighted by molar-refractivity contribution is 0.340. The second kappa shape index (κ2) is 27.1. The van der Waals surface area contributed by atoms with Crippen LogP contribution in [0.1, 0.15) is 25.0 Å². The van der Waals surface area contributed by atoms with Gasteiger partial charge in [0.1, 0.15) is 11.5 Å². The van der Waals surface area contributed by atoms with Gasteiger partial charge in [0.25, 0.3) is 0 Å². The molecular formula is C72H59ClN6O4. The molecule has 4 heterocycles. The number of para-hydroxylation sites is 4. The van der Waals surface area contributed by atoms with Crippen LogP contribution in [0.4, 0.5) is 0 Å². The predicted molar refractivity (Wildman–Crippen MR) is 341 cm³/mol. The summed E-state index contributed by atoms with van der Waals surface area (Å²) in [6.07, 6.45) is 3.67. The molecule has 0 bridgehead atoms. The Kier molecular flexibility index (Phi) is 18.2. The molecule has 10 aromatic carbocycles. The number of benzene rings is 10. The predicted octanol–water partition coefficient (Wildman–Crippen LogP) is 19.0. The molecule has 10 nitrogen and oxygen atoms in total. The molecular weight excluding hydrogens is 1050 g/mol. The van der Waals surface area contributed by atoms with Crippen LogP contribution in [0, 0.1) is 0 Å². The Morgan fingerprint density at radius 2 is 0.735 bits per heavy atom. The molecule has 0 aliphatic carbocycles. The van der Waals surface area contributed by atoms with E-state index in [1.165, 1.54) is 32.7 Å². The second-order valence-corrected chi connectivity index (χ2v) is 19.2. The Bertz CT molecular complexity index is 4280. The van der Waals surface area contributed by atoms with Crippen LogP contribution in [0.2, 0.25) is 0 Å². The minimum Gasteiger partial charge on any atom is -0.508 e. The van der Waals surface area contributed by atoms with E-state index >= 15 is 0 Å². The molecule has 0 aliphatic rings. The number of aromatic nitrogens is 6. The third-order valence-electron chi connectivity index (χ3n) is 13.3. The van der Waals surface area contributed by atoms with E-state index in [4.69, 9.17) is 25.2 Å². The molecule has 0 atom stereocenters. The largest absolute Gasteiger partial charge is 0.508 e. The van der Waals surface area contributed by atoms with Crippen molar-refractivity contribution in [1.29, 1.82) is 0 Å². The number of ether oxygens (including phenoxy) is 1. The Morgan fingerprint density at radius 1 is 0.410 bits per heavy atom. The fraction of sp³-hybridized carbons (Fsp3) is 0.0556. The van der Waals surface area contributed by atoms with Crippen molar-refractivity contribution in [2.24, 2.45) is 0 Å². The van der Waals surface area contributed by atoms with E-state index in [0.717, 1.165) is 61.8 Å². The first-order valence-corrected chi connectivity index (χ1v) is 27.7. The Morgan fingerprint density at radius 3 is 1.08 bits per heavy atom. The maximum absolute atomic E-state index is 9.72. The summed E-state index contributed by atoms with van der Waals surface area (Å²) in [5.41, 5.74) is 12.2. The van der Waals surface area contributed by atoms with Crippen molar-refractivity contribution in [2.75, 3.05) is 12.5 Å². The molecule has 408 valence electrons. The molecule has 1 N–H and O–H groups in total. The van der Waals surface area contributed by atoms with Crippen LogP contribution < -0.4 is 4.74 Å². The first-order valence-electron chi connectivity index (χ1n) is 27.2. The standard InChI is InChI=1S/C28H21N3O2.C26H17N3O2.2C8H8.C2H5Cl/c1-2-32-22-12-8-10-20(18-22)28-30-29-27(33-28)19-9-7-11-21(17-19)31-25-15-5-3-13-23(25)24-14-4-6-16-26(24)31;30-20-10-6-8-18(16-20)26-28-27-25(31-26)17-7-5-9-19(15-17)29-23-13-3-1-11-21(23)22-12-2-4-14-24(22)29;2*1-2-8-6-4-3-5-7-8;1-2-3/h3-18H,2H2,1H3;1-16,30H;2*2-7H,1H2;2H2,1H3. The maximum atomic E-state index is 9.72. The van der Waals surface area contributed by atoms with Gasteiger partial charge in [-0.15, -0.1) is 32.0 Å². The summed E-state index contributed by atoms with van der Waals surface area (Å²) in [5, 5.41) is 31.6. The van der Waals surface area contributed by atoms with Crippen LogP contribution in [0.5, 0.6) is 11.5 Å². The van der Waals surface area contributed by atoms with Gasteiger partial charge in [0.05, 0.1) is 28.7 Å². The Hall–Kier alpha value is -10.6. The summed E-state index contributed by atoms with van der Waals surface area (Å²) >= 11 is 5.00. The molecule has 0 saturated carbocycles. The molecule has 0 aliphatic heterocycles. The Labute approximate surface area is 487 Å². The van der Waals surface area contributed by atoms with E-state index in [2.05, 4.69) is 164 Å². The summed E-state index contributed by atoms with van der Waals surface area (Å²) in [7, 11) is 0. The lowest BCUT2D eigenvalue weighted by Crippen LogP contribution is -1.94. The van der Waals surface area contributed by atoms with Crippen molar-refractivity contribution < 1.29 is 18.7 Å². The topological polar surface area (TPSA) is 117 Å². The lowest BCUT2D eigenvalue weighted by atomic mass is 10.2. The van der Waals surface area contributed by atoms with Crippen molar-refractivity contribution in [1.82, 2.24) is 29.5 Å². The number of phenols is 1. The third-order valence-corrected chi connectivity index (χ3v) is 13.3. The van der Waals surface area contributed by atoms with Crippen molar-refractivity contribution in [3.05, 3.63) is 279 Å². The number of nitrogens with zero attached hydrogens (tertiary/aromatic N) is 6. The van der Waals surface area contributed by atoms with E-state index in [1.807, 2.05) is 141 Å². The molecule has 14 aromatic rings. The summed E-state index contributed by atoms with van der Waals surface area (Å²) in [6, 6.07) is 84.6. The second-order valence-electron chi connectivity index (χ2n) is 18.7. The van der Waals surface area contributed by atoms with Crippen LogP contribution in [-0.4, -0.2) is 47.1 Å². The van der Waals surface area contributed by atoms with Crippen LogP contribution in [0.15, 0.2) is 277 Å². The highest BCUT2D eigenvalue weighted by molar-refractivity contribution is 6.17. The van der Waals surface area contributed by atoms with Crippen LogP contribution >= 0.6 is 11.6 Å². The minimum absolute atomic E-state index is 0.158. The average Bonchev–Trinajstić information content (AvgIpc) is 4.06. The zero-order valence-corrected chi connectivity index (χ0v) is 46.7. The van der Waals surface area contributed by atoms with E-state index < -0.39 is 0 Å². The summed E-state index contributed by atoms with van der Waals surface area (Å²) < 4.78 is 22.1. The first-order chi connectivity index (χ1) is 40.9. The monoisotopic (exact) mass is 1110 g/mol. The number of alkyl halides is 1. The van der Waals surface area contributed by atoms with Crippen molar-refractivity contribution >= 4 is 67.4 Å². The zero-order valence-electron chi connectivity index (χ0n) is 46.0. The smallest absolute Gasteiger partial charge is 0.248 e. The Balaban J connectivity index is 0.000000141. The van der Waals surface area contributed by atoms with Gasteiger partial charge in [-0.05, 0) is 115 Å². The quantitative estimate of drug-likeness (QED) is 0.135. The minimum atomic E-state index is 0.158. The van der Waals surface area contributed by atoms with Gasteiger partial charge < -0.3 is 27.8 Å². The highest BCUT2D eigenvalue weighted by atomic mass is 35.5. The molecule has 0 radical (unpaired) electrons. The number of halogens is 1. The third kappa shape index (κ3) is 13.1. The zero-order chi connectivity index (χ0) is 57.3. The molecule has 0 saturated heterocycles. The van der Waals surface area contributed by atoms with Gasteiger partial charge in [0.15, 0.2) is 0 Å². The number of aromatic hydroxyl groups is 1. The fourth-order valence-electron chi connectivity index (χ4n) is 9.57. The molecule has 83 heavy (non-hydrogen) atoms. The number of hydrogen-bond donors (Lipinski definition) is 1. The molecule has 0 unspecified atom stereocenters. The van der Waals surface area contributed by atoms with Crippen LogP contribution in [0.3, 0.4) is 0 Å². The highest BCUT2D eigenvalue weighted by Crippen LogP contribution is 2.36. The van der Waals surface area contributed by atoms with Gasteiger partial charge in [-0.2, -0.15) is 0 Å². The van der Waals surface area contributed by atoms with Gasteiger partial charge >= 0.3 is 0 Å². The molecule has 14 rings (SSSR count). The van der Waals surface area contributed by atoms with Crippen LogP contribution in [0.25, 0.3) is 113 Å². The highest BCUT2D eigenvalue weighted by Gasteiger charge is 2.17. The normalized spacial score (nSPS) is 10.6. The fourth-order valence-corrected chi connectivity index (χ4v) is 9.57. The van der Waals surface area contributed by atoms with Gasteiger partial charge in [-0.3, -0.25) is 0 Å². The van der Waals surface area contributed by atoms with Crippen molar-refractivity contribution in [3.63, 3.8) is 0 Å². The maximum Gasteiger partial charge on any atom is 0.248 e. The number of phenolic OH excluding ortho intramolecular Hbond substituents is 1. The van der Waals surface area contributed by atoms with Crippen molar-refractivity contribution in [2.45, 2.75) is 13.8 Å². The number of hydrogen-bond acceptors (Lipinski definition) is 8. The molecule has 0 fully saturated rings. The molecule has 4 aromatic heterocycles. The van der Waals surface area contributed by atoms with Crippen molar-refractivity contribution in [3.8, 4) is 68.7 Å². The first kappa shape index (κ1) is 55.8. The molecule has 0 amide bonds. The van der Waals surface area contributed by atoms with Gasteiger partial charge in [-0.1, -0.05) is 190 Å². The summed E-state index contributed by atoms with van der Waals surface area (Å²) in [6.45, 7) is 11.7. The molecule has 11 heteroatoms. The lowest BCUT2D eigenvalue weighted by Gasteiger charge is -2.08. The summed E-state index contributed by atoms with van der Waals surface area (Å²) in [4.78, 5) is 0. The van der Waals surface area contributed by atoms with Gasteiger partial charge in [0, 0.05) is 61.1 Å². The van der Waals surface area contributed by atoms with E-state index in [0.29, 0.717) is 35.7 Å². The average molecular weight is 1110 g/mol. The molecule has 0 spiro atoms. The van der Waals surface area contributed by atoms with E-state index in [1.54, 1.807) is 18.2 Å². The SMILES string of the molecule is C=Cc1ccccc1.C=Cc1ccccc1.CCCl.CCOc1cccc(-c2nnc(-c3cccc(-n4c5ccccc5c5ccccc54)c3)o2)c1.Oc1cccc(-c2nnc(-c3cccc(-n4c5ccccc5c5ccccc54)c3)o2)c1. The van der Waals surface area contributed by atoms with Crippen LogP contribution in [-0.2, 0) is 0 Å². The van der Waals surface area contributed by atoms with Gasteiger partial charge in [0.2, 0.25) is 23.6 Å².